The summed E-state index contributed by atoms with van der Waals surface area (Å²) >= 11 is 1.46. The fourth-order valence-electron chi connectivity index (χ4n) is 2.54. The second kappa shape index (κ2) is 5.84. The third-order valence-corrected chi connectivity index (χ3v) is 4.43. The van der Waals surface area contributed by atoms with E-state index in [1.807, 2.05) is 26.8 Å². The molecule has 23 heavy (non-hydrogen) atoms. The number of hydrogen-bond acceptors (Lipinski definition) is 7. The van der Waals surface area contributed by atoms with Crippen molar-refractivity contribution in [3.63, 3.8) is 0 Å². The molecule has 1 aliphatic heterocycles. The Bertz CT molecular complexity index is 716. The van der Waals surface area contributed by atoms with Crippen LogP contribution in [-0.4, -0.2) is 52.7 Å². The fourth-order valence-corrected chi connectivity index (χ4v) is 3.30. The van der Waals surface area contributed by atoms with Crippen LogP contribution in [0.15, 0.2) is 12.4 Å². The van der Waals surface area contributed by atoms with Crippen LogP contribution in [0.4, 0.5) is 15.6 Å². The average Bonchev–Trinajstić information content (AvgIpc) is 2.85. The number of thiophene rings is 1. The number of anilines is 2. The average molecular weight is 335 g/mol. The van der Waals surface area contributed by atoms with Gasteiger partial charge >= 0.3 is 6.09 Å². The van der Waals surface area contributed by atoms with E-state index in [-0.39, 0.29) is 6.09 Å². The summed E-state index contributed by atoms with van der Waals surface area (Å²) in [5, 5.41) is 1.70. The molecular weight excluding hydrogens is 314 g/mol. The van der Waals surface area contributed by atoms with Gasteiger partial charge in [-0.05, 0) is 26.8 Å². The molecule has 0 atom stereocenters. The lowest BCUT2D eigenvalue weighted by Crippen LogP contribution is -2.50. The molecule has 2 aromatic rings. The van der Waals surface area contributed by atoms with Crippen LogP contribution in [-0.2, 0) is 4.74 Å². The first kappa shape index (κ1) is 15.8. The summed E-state index contributed by atoms with van der Waals surface area (Å²) in [6.45, 7) is 8.27. The van der Waals surface area contributed by atoms with E-state index in [1.165, 1.54) is 11.3 Å². The fraction of sp³-hybridized carbons (Fsp3) is 0.533. The Morgan fingerprint density at radius 3 is 2.61 bits per heavy atom. The Hall–Kier alpha value is -2.09. The number of carbonyl (C=O) groups excluding carboxylic acids is 1. The summed E-state index contributed by atoms with van der Waals surface area (Å²) in [6.07, 6.45) is 1.30. The van der Waals surface area contributed by atoms with E-state index in [9.17, 15) is 4.79 Å². The Balaban J connectivity index is 1.70. The van der Waals surface area contributed by atoms with Gasteiger partial charge in [-0.3, -0.25) is 0 Å². The van der Waals surface area contributed by atoms with Gasteiger partial charge in [-0.2, -0.15) is 0 Å². The highest BCUT2D eigenvalue weighted by Crippen LogP contribution is 2.31. The maximum absolute atomic E-state index is 12.1. The molecule has 2 N–H and O–H groups in total. The van der Waals surface area contributed by atoms with E-state index in [4.69, 9.17) is 10.5 Å². The van der Waals surface area contributed by atoms with Crippen molar-refractivity contribution in [2.75, 3.05) is 36.8 Å². The van der Waals surface area contributed by atoms with Crippen molar-refractivity contribution in [1.82, 2.24) is 14.9 Å². The first-order chi connectivity index (χ1) is 10.8. The lowest BCUT2D eigenvalue weighted by molar-refractivity contribution is 0.0240. The van der Waals surface area contributed by atoms with Gasteiger partial charge in [-0.15, -0.1) is 0 Å². The molecule has 2 aromatic heterocycles. The summed E-state index contributed by atoms with van der Waals surface area (Å²) in [6, 6.07) is 1.91. The van der Waals surface area contributed by atoms with Crippen LogP contribution < -0.4 is 10.6 Å². The van der Waals surface area contributed by atoms with Crippen molar-refractivity contribution < 1.29 is 9.53 Å². The molecule has 8 heteroatoms. The molecule has 0 spiro atoms. The first-order valence-electron chi connectivity index (χ1n) is 7.56. The summed E-state index contributed by atoms with van der Waals surface area (Å²) in [4.78, 5) is 25.6. The van der Waals surface area contributed by atoms with Gasteiger partial charge in [0.1, 0.15) is 22.6 Å². The number of hydrogen-bond donors (Lipinski definition) is 1. The second-order valence-electron chi connectivity index (χ2n) is 6.52. The Labute approximate surface area is 139 Å². The quantitative estimate of drug-likeness (QED) is 0.861. The van der Waals surface area contributed by atoms with Gasteiger partial charge in [-0.1, -0.05) is 11.3 Å². The predicted octanol–water partition coefficient (Wildman–Crippen LogP) is 2.33. The minimum absolute atomic E-state index is 0.259. The van der Waals surface area contributed by atoms with Gasteiger partial charge in [0.25, 0.3) is 0 Å². The number of carbonyl (C=O) groups is 1. The first-order valence-corrected chi connectivity index (χ1v) is 8.38. The van der Waals surface area contributed by atoms with Gasteiger partial charge in [-0.25, -0.2) is 14.8 Å². The third kappa shape index (κ3) is 3.47. The highest BCUT2D eigenvalue weighted by molar-refractivity contribution is 7.22. The number of nitrogens with zero attached hydrogens (tertiary/aromatic N) is 4. The van der Waals surface area contributed by atoms with Gasteiger partial charge in [0.2, 0.25) is 0 Å². The van der Waals surface area contributed by atoms with Crippen molar-refractivity contribution in [3.8, 4) is 0 Å². The summed E-state index contributed by atoms with van der Waals surface area (Å²) in [7, 11) is 0. The van der Waals surface area contributed by atoms with Crippen molar-refractivity contribution in [2.24, 2.45) is 0 Å². The minimum atomic E-state index is -0.471. The molecular formula is C15H21N5O2S. The lowest BCUT2D eigenvalue weighted by Gasteiger charge is -2.36. The topological polar surface area (TPSA) is 84.6 Å². The maximum Gasteiger partial charge on any atom is 0.410 e. The molecule has 7 nitrogen and oxygen atoms in total. The highest BCUT2D eigenvalue weighted by Gasteiger charge is 2.27. The molecule has 3 heterocycles. The number of nitrogens with two attached hydrogens (primary N) is 1. The molecule has 0 bridgehead atoms. The summed E-state index contributed by atoms with van der Waals surface area (Å²) < 4.78 is 5.42. The number of amides is 1. The molecule has 3 rings (SSSR count). The number of nitrogen functional groups attached to an aromatic ring is 1. The predicted molar refractivity (Wildman–Crippen MR) is 91.8 cm³/mol. The van der Waals surface area contributed by atoms with E-state index < -0.39 is 5.60 Å². The van der Waals surface area contributed by atoms with Crippen LogP contribution in [0.1, 0.15) is 20.8 Å². The smallest absolute Gasteiger partial charge is 0.410 e. The molecule has 0 aromatic carbocycles. The van der Waals surface area contributed by atoms with Crippen molar-refractivity contribution in [1.29, 1.82) is 0 Å². The molecule has 0 unspecified atom stereocenters. The second-order valence-corrected chi connectivity index (χ2v) is 7.58. The van der Waals surface area contributed by atoms with Crippen LogP contribution in [0, 0.1) is 0 Å². The molecule has 124 valence electrons. The van der Waals surface area contributed by atoms with Crippen LogP contribution in [0.3, 0.4) is 0 Å². The van der Waals surface area contributed by atoms with Crippen molar-refractivity contribution in [3.05, 3.63) is 12.4 Å². The number of piperazine rings is 1. The number of ether oxygens (including phenoxy) is 1. The molecule has 0 radical (unpaired) electrons. The standard InChI is InChI=1S/C15H21N5O2S/c1-15(2,3)22-14(21)20-6-4-19(5-7-20)12-10-8-11(16)23-13(10)18-9-17-12/h8-9H,4-7,16H2,1-3H3. The lowest BCUT2D eigenvalue weighted by atomic mass is 10.2. The largest absolute Gasteiger partial charge is 0.444 e. The molecule has 0 saturated carbocycles. The zero-order chi connectivity index (χ0) is 16.6. The van der Waals surface area contributed by atoms with E-state index in [0.717, 1.165) is 21.0 Å². The highest BCUT2D eigenvalue weighted by atomic mass is 32.1. The molecule has 0 aliphatic carbocycles. The van der Waals surface area contributed by atoms with Crippen LogP contribution >= 0.6 is 11.3 Å². The third-order valence-electron chi connectivity index (χ3n) is 3.56. The molecule has 1 amide bonds. The Kier molecular flexibility index (Phi) is 4.01. The Morgan fingerprint density at radius 2 is 1.96 bits per heavy atom. The molecule has 1 aliphatic rings. The zero-order valence-electron chi connectivity index (χ0n) is 13.6. The Morgan fingerprint density at radius 1 is 1.26 bits per heavy atom. The van der Waals surface area contributed by atoms with Gasteiger partial charge in [0.15, 0.2) is 0 Å². The van der Waals surface area contributed by atoms with Gasteiger partial charge in [0, 0.05) is 26.2 Å². The molecule has 1 fully saturated rings. The van der Waals surface area contributed by atoms with E-state index in [1.54, 1.807) is 11.2 Å². The van der Waals surface area contributed by atoms with E-state index >= 15 is 0 Å². The van der Waals surface area contributed by atoms with Crippen LogP contribution in [0.5, 0.6) is 0 Å². The van der Waals surface area contributed by atoms with E-state index in [0.29, 0.717) is 26.2 Å². The number of rotatable bonds is 1. The SMILES string of the molecule is CC(C)(C)OC(=O)N1CCN(c2ncnc3sc(N)cc23)CC1. The van der Waals surface area contributed by atoms with Gasteiger partial charge in [0.05, 0.1) is 10.4 Å². The summed E-state index contributed by atoms with van der Waals surface area (Å²) in [5.41, 5.74) is 5.40. The van der Waals surface area contributed by atoms with E-state index in [2.05, 4.69) is 14.9 Å². The molecule has 1 saturated heterocycles. The van der Waals surface area contributed by atoms with Crippen molar-refractivity contribution in [2.45, 2.75) is 26.4 Å². The number of aromatic nitrogens is 2. The van der Waals surface area contributed by atoms with Crippen LogP contribution in [0.2, 0.25) is 0 Å². The summed E-state index contributed by atoms with van der Waals surface area (Å²) in [5.74, 6) is 0.881. The van der Waals surface area contributed by atoms with Gasteiger partial charge < -0.3 is 20.3 Å². The monoisotopic (exact) mass is 335 g/mol. The minimum Gasteiger partial charge on any atom is -0.444 e. The van der Waals surface area contributed by atoms with Crippen molar-refractivity contribution >= 4 is 38.5 Å². The maximum atomic E-state index is 12.1. The zero-order valence-corrected chi connectivity index (χ0v) is 14.4. The van der Waals surface area contributed by atoms with Crippen LogP contribution in [0.25, 0.3) is 10.2 Å². The normalized spacial score (nSPS) is 16.0. The number of fused-ring (bicyclic) bond motifs is 1.